The second kappa shape index (κ2) is 14.2. The Morgan fingerprint density at radius 2 is 1.22 bits per heavy atom. The Labute approximate surface area is 218 Å². The van der Waals surface area contributed by atoms with Gasteiger partial charge in [0.05, 0.1) is 6.10 Å². The lowest BCUT2D eigenvalue weighted by atomic mass is 9.84. The van der Waals surface area contributed by atoms with Crippen molar-refractivity contribution in [2.24, 2.45) is 5.92 Å². The van der Waals surface area contributed by atoms with Crippen LogP contribution in [0.5, 0.6) is 0 Å². The number of aliphatic hydroxyl groups is 1. The summed E-state index contributed by atoms with van der Waals surface area (Å²) in [6.07, 6.45) is 14.9. The van der Waals surface area contributed by atoms with Crippen LogP contribution in [0.25, 0.3) is 0 Å². The van der Waals surface area contributed by atoms with Crippen LogP contribution in [0.2, 0.25) is 0 Å². The second-order valence-electron chi connectivity index (χ2n) is 10.3. The lowest BCUT2D eigenvalue weighted by molar-refractivity contribution is -0.150. The first-order valence-corrected chi connectivity index (χ1v) is 13.8. The molecule has 2 nitrogen and oxygen atoms in total. The third-order valence-corrected chi connectivity index (χ3v) is 7.63. The molecular weight excluding hydrogens is 440 g/mol. The molecule has 2 heteroatoms. The average Bonchev–Trinajstić information content (AvgIpc) is 2.93. The molecule has 0 spiro atoms. The van der Waals surface area contributed by atoms with Gasteiger partial charge in [0.1, 0.15) is 0 Å². The fourth-order valence-corrected chi connectivity index (χ4v) is 5.26. The maximum atomic E-state index is 10.6. The normalized spacial score (nSPS) is 18.9. The monoisotopic (exact) mass is 482 g/mol. The quantitative estimate of drug-likeness (QED) is 0.208. The van der Waals surface area contributed by atoms with Gasteiger partial charge in [0.2, 0.25) is 0 Å². The minimum Gasteiger partial charge on any atom is -0.364 e. The smallest absolute Gasteiger partial charge is 0.181 e. The first kappa shape index (κ1) is 26.4. The van der Waals surface area contributed by atoms with Crippen LogP contribution in [0.3, 0.4) is 0 Å². The van der Waals surface area contributed by atoms with Crippen molar-refractivity contribution < 1.29 is 9.84 Å². The van der Waals surface area contributed by atoms with Gasteiger partial charge in [0.25, 0.3) is 0 Å². The van der Waals surface area contributed by atoms with E-state index in [1.165, 1.54) is 47.9 Å². The molecule has 0 bridgehead atoms. The SMILES string of the molecule is C/C=C/CCC1CCC(OC(O)c2ccc(CCc3ccc(CCc4ccccc4)cc3)cc2)CC1. The number of hydrogen-bond acceptors (Lipinski definition) is 2. The lowest BCUT2D eigenvalue weighted by Crippen LogP contribution is -2.23. The number of aryl methyl sites for hydroxylation is 4. The Morgan fingerprint density at radius 1 is 0.722 bits per heavy atom. The van der Waals surface area contributed by atoms with E-state index in [1.807, 2.05) is 12.1 Å². The Morgan fingerprint density at radius 3 is 1.75 bits per heavy atom. The van der Waals surface area contributed by atoms with Crippen molar-refractivity contribution in [2.45, 2.75) is 83.5 Å². The molecule has 36 heavy (non-hydrogen) atoms. The molecule has 1 atom stereocenters. The molecule has 0 aliphatic heterocycles. The Hall–Kier alpha value is -2.68. The Balaban J connectivity index is 1.17. The van der Waals surface area contributed by atoms with Crippen LogP contribution < -0.4 is 0 Å². The Kier molecular flexibility index (Phi) is 10.4. The zero-order chi connectivity index (χ0) is 25.0. The molecule has 190 valence electrons. The highest BCUT2D eigenvalue weighted by Crippen LogP contribution is 2.32. The fraction of sp³-hybridized carbons (Fsp3) is 0.412. The summed E-state index contributed by atoms with van der Waals surface area (Å²) in [6.45, 7) is 2.09. The van der Waals surface area contributed by atoms with Crippen LogP contribution >= 0.6 is 0 Å². The van der Waals surface area contributed by atoms with Gasteiger partial charge in [-0.2, -0.15) is 0 Å². The van der Waals surface area contributed by atoms with Crippen LogP contribution in [0, 0.1) is 5.92 Å². The van der Waals surface area contributed by atoms with Crippen molar-refractivity contribution in [1.29, 1.82) is 0 Å². The number of rotatable bonds is 12. The molecule has 3 aromatic carbocycles. The van der Waals surface area contributed by atoms with E-state index in [0.29, 0.717) is 0 Å². The van der Waals surface area contributed by atoms with E-state index in [-0.39, 0.29) is 6.10 Å². The maximum absolute atomic E-state index is 10.6. The minimum atomic E-state index is -0.827. The number of allylic oxidation sites excluding steroid dienone is 2. The topological polar surface area (TPSA) is 29.5 Å². The Bertz CT molecular complexity index is 1030. The van der Waals surface area contributed by atoms with Crippen LogP contribution in [0.15, 0.2) is 91.0 Å². The standard InChI is InChI=1S/C34H42O2/c1-2-3-5-8-28-21-25-33(26-22-28)36-34(35)32-23-19-31(20-24-32)18-17-30-15-13-29(14-16-30)12-11-27-9-6-4-7-10-27/h2-4,6-7,9-10,13-16,19-20,23-24,28,33-35H,5,8,11-12,17-18,21-22,25-26H2,1H3/b3-2+. The molecule has 1 aliphatic rings. The van der Waals surface area contributed by atoms with Gasteiger partial charge in [-0.25, -0.2) is 0 Å². The highest BCUT2D eigenvalue weighted by atomic mass is 16.6. The molecular formula is C34H42O2. The molecule has 1 aliphatic carbocycles. The number of benzene rings is 3. The highest BCUT2D eigenvalue weighted by molar-refractivity contribution is 5.27. The highest BCUT2D eigenvalue weighted by Gasteiger charge is 2.23. The van der Waals surface area contributed by atoms with Crippen molar-refractivity contribution in [3.8, 4) is 0 Å². The summed E-state index contributed by atoms with van der Waals surface area (Å²) < 4.78 is 6.02. The van der Waals surface area contributed by atoms with Gasteiger partial charge in [0, 0.05) is 5.56 Å². The van der Waals surface area contributed by atoms with Gasteiger partial charge in [0.15, 0.2) is 6.29 Å². The van der Waals surface area contributed by atoms with Crippen LogP contribution in [0.1, 0.15) is 79.6 Å². The van der Waals surface area contributed by atoms with Crippen molar-refractivity contribution in [3.63, 3.8) is 0 Å². The van der Waals surface area contributed by atoms with E-state index in [4.69, 9.17) is 4.74 Å². The fourth-order valence-electron chi connectivity index (χ4n) is 5.26. The molecule has 1 N–H and O–H groups in total. The third-order valence-electron chi connectivity index (χ3n) is 7.63. The van der Waals surface area contributed by atoms with Gasteiger partial charge < -0.3 is 9.84 Å². The first-order chi connectivity index (χ1) is 17.7. The lowest BCUT2D eigenvalue weighted by Gasteiger charge is -2.30. The molecule has 0 saturated heterocycles. The van der Waals surface area contributed by atoms with Gasteiger partial charge in [-0.1, -0.05) is 91.0 Å². The maximum Gasteiger partial charge on any atom is 0.181 e. The van der Waals surface area contributed by atoms with Gasteiger partial charge in [-0.15, -0.1) is 0 Å². The minimum absolute atomic E-state index is 0.174. The zero-order valence-corrected chi connectivity index (χ0v) is 21.8. The molecule has 0 heterocycles. The van der Waals surface area contributed by atoms with E-state index in [2.05, 4.69) is 85.8 Å². The molecule has 1 saturated carbocycles. The molecule has 3 aromatic rings. The average molecular weight is 483 g/mol. The summed E-state index contributed by atoms with van der Waals surface area (Å²) in [5.41, 5.74) is 6.30. The van der Waals surface area contributed by atoms with Gasteiger partial charge in [-0.05, 0) is 99.3 Å². The molecule has 0 radical (unpaired) electrons. The first-order valence-electron chi connectivity index (χ1n) is 13.8. The van der Waals surface area contributed by atoms with E-state index < -0.39 is 6.29 Å². The van der Waals surface area contributed by atoms with Crippen molar-refractivity contribution in [2.75, 3.05) is 0 Å². The van der Waals surface area contributed by atoms with Crippen molar-refractivity contribution >= 4 is 0 Å². The van der Waals surface area contributed by atoms with Gasteiger partial charge >= 0.3 is 0 Å². The third kappa shape index (κ3) is 8.47. The van der Waals surface area contributed by atoms with Gasteiger partial charge in [-0.3, -0.25) is 0 Å². The summed E-state index contributed by atoms with van der Waals surface area (Å²) in [7, 11) is 0. The molecule has 0 amide bonds. The zero-order valence-electron chi connectivity index (χ0n) is 21.8. The largest absolute Gasteiger partial charge is 0.364 e. The summed E-state index contributed by atoms with van der Waals surface area (Å²) >= 11 is 0. The second-order valence-corrected chi connectivity index (χ2v) is 10.3. The van der Waals surface area contributed by atoms with Crippen LogP contribution in [0.4, 0.5) is 0 Å². The number of ether oxygens (including phenoxy) is 1. The molecule has 0 aromatic heterocycles. The predicted octanol–water partition coefficient (Wildman–Crippen LogP) is 8.18. The van der Waals surface area contributed by atoms with Crippen molar-refractivity contribution in [1.82, 2.24) is 0 Å². The van der Waals surface area contributed by atoms with Crippen molar-refractivity contribution in [3.05, 3.63) is 119 Å². The number of aliphatic hydroxyl groups excluding tert-OH is 1. The molecule has 1 unspecified atom stereocenters. The van der Waals surface area contributed by atoms with E-state index in [0.717, 1.165) is 50.0 Å². The number of hydrogen-bond donors (Lipinski definition) is 1. The molecule has 1 fully saturated rings. The summed E-state index contributed by atoms with van der Waals surface area (Å²) in [5, 5.41) is 10.6. The summed E-state index contributed by atoms with van der Waals surface area (Å²) in [4.78, 5) is 0. The van der Waals surface area contributed by atoms with E-state index in [9.17, 15) is 5.11 Å². The van der Waals surface area contributed by atoms with Crippen LogP contribution in [-0.4, -0.2) is 11.2 Å². The molecule has 4 rings (SSSR count). The van der Waals surface area contributed by atoms with Crippen LogP contribution in [-0.2, 0) is 30.4 Å². The van der Waals surface area contributed by atoms with E-state index >= 15 is 0 Å². The predicted molar refractivity (Wildman–Crippen MR) is 150 cm³/mol. The summed E-state index contributed by atoms with van der Waals surface area (Å²) in [6, 6.07) is 28.1. The summed E-state index contributed by atoms with van der Waals surface area (Å²) in [5.74, 6) is 0.808. The van der Waals surface area contributed by atoms with E-state index in [1.54, 1.807) is 0 Å².